The van der Waals surface area contributed by atoms with E-state index in [2.05, 4.69) is 11.9 Å². The van der Waals surface area contributed by atoms with Crippen molar-refractivity contribution in [1.82, 2.24) is 9.88 Å². The Labute approximate surface area is 135 Å². The van der Waals surface area contributed by atoms with Gasteiger partial charge < -0.3 is 14.3 Å². The van der Waals surface area contributed by atoms with E-state index in [1.165, 1.54) is 6.42 Å². The standard InChI is InChI=1S/C19H20N2O2/c1-12-9-15(12)18-8-7-14(23-18)11-21(2)19(22)17-10-13-5-3-4-6-16(13)20-17/h3-8,10,12,15,20H,9,11H2,1-2H3/t12-,15+/m1/s1. The number of fused-ring (bicyclic) bond motifs is 1. The number of hydrogen-bond donors (Lipinski definition) is 1. The highest BCUT2D eigenvalue weighted by atomic mass is 16.3. The first-order valence-corrected chi connectivity index (χ1v) is 8.03. The molecule has 0 radical (unpaired) electrons. The van der Waals surface area contributed by atoms with Crippen LogP contribution >= 0.6 is 0 Å². The fourth-order valence-corrected chi connectivity index (χ4v) is 3.10. The van der Waals surface area contributed by atoms with Gasteiger partial charge >= 0.3 is 0 Å². The molecule has 4 heteroatoms. The SMILES string of the molecule is C[C@@H]1C[C@@H]1c1ccc(CN(C)C(=O)c2cc3ccccc3[nH]2)o1. The molecule has 1 aliphatic carbocycles. The summed E-state index contributed by atoms with van der Waals surface area (Å²) in [5.41, 5.74) is 1.59. The molecular formula is C19H20N2O2. The largest absolute Gasteiger partial charge is 0.464 e. The van der Waals surface area contributed by atoms with Crippen LogP contribution in [0.4, 0.5) is 0 Å². The van der Waals surface area contributed by atoms with Crippen molar-refractivity contribution in [2.24, 2.45) is 5.92 Å². The molecular weight excluding hydrogens is 288 g/mol. The van der Waals surface area contributed by atoms with Crippen molar-refractivity contribution in [3.8, 4) is 0 Å². The quantitative estimate of drug-likeness (QED) is 0.787. The number of hydrogen-bond acceptors (Lipinski definition) is 2. The number of amides is 1. The van der Waals surface area contributed by atoms with Crippen molar-refractivity contribution in [3.05, 3.63) is 59.7 Å². The molecule has 3 aromatic rings. The number of aromatic nitrogens is 1. The minimum absolute atomic E-state index is 0.0288. The summed E-state index contributed by atoms with van der Waals surface area (Å²) in [4.78, 5) is 17.4. The average Bonchev–Trinajstić information content (AvgIpc) is 2.97. The normalized spacial score (nSPS) is 19.9. The predicted octanol–water partition coefficient (Wildman–Crippen LogP) is 4.16. The first-order chi connectivity index (χ1) is 11.1. The zero-order chi connectivity index (χ0) is 16.0. The Hall–Kier alpha value is -2.49. The number of nitrogens with one attached hydrogen (secondary N) is 1. The molecule has 2 aromatic heterocycles. The number of benzene rings is 1. The number of furan rings is 1. The van der Waals surface area contributed by atoms with E-state index < -0.39 is 0 Å². The second-order valence-electron chi connectivity index (χ2n) is 6.56. The Bertz CT molecular complexity index is 828. The van der Waals surface area contributed by atoms with Crippen molar-refractivity contribution in [2.75, 3.05) is 7.05 Å². The molecule has 4 rings (SSSR count). The lowest BCUT2D eigenvalue weighted by Crippen LogP contribution is -2.26. The molecule has 1 N–H and O–H groups in total. The van der Waals surface area contributed by atoms with Gasteiger partial charge in [-0.05, 0) is 36.6 Å². The second kappa shape index (κ2) is 5.30. The van der Waals surface area contributed by atoms with Crippen LogP contribution in [0.2, 0.25) is 0 Å². The van der Waals surface area contributed by atoms with Crippen LogP contribution in [0, 0.1) is 5.92 Å². The summed E-state index contributed by atoms with van der Waals surface area (Å²) in [6.07, 6.45) is 1.21. The Morgan fingerprint density at radius 3 is 2.83 bits per heavy atom. The van der Waals surface area contributed by atoms with Crippen LogP contribution in [0.3, 0.4) is 0 Å². The molecule has 2 atom stereocenters. The van der Waals surface area contributed by atoms with Gasteiger partial charge in [0, 0.05) is 23.9 Å². The molecule has 1 saturated carbocycles. The number of aromatic amines is 1. The van der Waals surface area contributed by atoms with Crippen LogP contribution in [-0.4, -0.2) is 22.8 Å². The molecule has 0 unspecified atom stereocenters. The Morgan fingerprint density at radius 1 is 1.30 bits per heavy atom. The van der Waals surface area contributed by atoms with Crippen LogP contribution in [-0.2, 0) is 6.54 Å². The Morgan fingerprint density at radius 2 is 2.09 bits per heavy atom. The summed E-state index contributed by atoms with van der Waals surface area (Å²) in [5.74, 6) is 3.15. The minimum atomic E-state index is -0.0288. The van der Waals surface area contributed by atoms with Crippen molar-refractivity contribution in [1.29, 1.82) is 0 Å². The van der Waals surface area contributed by atoms with Gasteiger partial charge in [0.1, 0.15) is 17.2 Å². The van der Waals surface area contributed by atoms with Crippen molar-refractivity contribution in [2.45, 2.75) is 25.8 Å². The third-order valence-electron chi connectivity index (χ3n) is 4.66. The van der Waals surface area contributed by atoms with Gasteiger partial charge in [-0.25, -0.2) is 0 Å². The van der Waals surface area contributed by atoms with Gasteiger partial charge in [0.25, 0.3) is 5.91 Å². The molecule has 1 amide bonds. The van der Waals surface area contributed by atoms with E-state index in [1.54, 1.807) is 11.9 Å². The van der Waals surface area contributed by atoms with E-state index in [4.69, 9.17) is 4.42 Å². The first kappa shape index (κ1) is 14.1. The minimum Gasteiger partial charge on any atom is -0.464 e. The lowest BCUT2D eigenvalue weighted by molar-refractivity contribution is 0.0770. The van der Waals surface area contributed by atoms with E-state index in [0.29, 0.717) is 18.2 Å². The monoisotopic (exact) mass is 308 g/mol. The highest BCUT2D eigenvalue weighted by molar-refractivity contribution is 5.97. The van der Waals surface area contributed by atoms with Crippen LogP contribution < -0.4 is 0 Å². The third kappa shape index (κ3) is 2.65. The molecule has 0 aliphatic heterocycles. The van der Waals surface area contributed by atoms with Crippen LogP contribution in [0.25, 0.3) is 10.9 Å². The fourth-order valence-electron chi connectivity index (χ4n) is 3.10. The lowest BCUT2D eigenvalue weighted by atomic mass is 10.2. The van der Waals surface area contributed by atoms with Gasteiger partial charge in [-0.1, -0.05) is 25.1 Å². The van der Waals surface area contributed by atoms with Gasteiger partial charge in [-0.2, -0.15) is 0 Å². The number of carbonyl (C=O) groups is 1. The summed E-state index contributed by atoms with van der Waals surface area (Å²) in [6, 6.07) is 13.8. The molecule has 0 spiro atoms. The maximum Gasteiger partial charge on any atom is 0.270 e. The molecule has 4 nitrogen and oxygen atoms in total. The molecule has 1 aliphatic rings. The number of H-pyrrole nitrogens is 1. The topological polar surface area (TPSA) is 49.2 Å². The van der Waals surface area contributed by atoms with Crippen LogP contribution in [0.5, 0.6) is 0 Å². The van der Waals surface area contributed by atoms with Crippen molar-refractivity contribution in [3.63, 3.8) is 0 Å². The number of carbonyl (C=O) groups excluding carboxylic acids is 1. The van der Waals surface area contributed by atoms with Crippen molar-refractivity contribution >= 4 is 16.8 Å². The third-order valence-corrected chi connectivity index (χ3v) is 4.66. The summed E-state index contributed by atoms with van der Waals surface area (Å²) in [5, 5.41) is 1.05. The van der Waals surface area contributed by atoms with E-state index in [1.807, 2.05) is 42.5 Å². The Balaban J connectivity index is 1.48. The van der Waals surface area contributed by atoms with Crippen LogP contribution in [0.15, 0.2) is 46.9 Å². The zero-order valence-electron chi connectivity index (χ0n) is 13.4. The summed E-state index contributed by atoms with van der Waals surface area (Å²) < 4.78 is 5.89. The molecule has 1 fully saturated rings. The van der Waals surface area contributed by atoms with E-state index in [0.717, 1.165) is 28.3 Å². The van der Waals surface area contributed by atoms with Gasteiger partial charge in [0.15, 0.2) is 0 Å². The highest BCUT2D eigenvalue weighted by Gasteiger charge is 2.36. The highest BCUT2D eigenvalue weighted by Crippen LogP contribution is 2.47. The molecule has 23 heavy (non-hydrogen) atoms. The number of para-hydroxylation sites is 1. The van der Waals surface area contributed by atoms with Gasteiger partial charge in [-0.3, -0.25) is 4.79 Å². The summed E-state index contributed by atoms with van der Waals surface area (Å²) >= 11 is 0. The summed E-state index contributed by atoms with van der Waals surface area (Å²) in [7, 11) is 1.80. The maximum atomic E-state index is 12.6. The van der Waals surface area contributed by atoms with Gasteiger partial charge in [0.05, 0.1) is 6.54 Å². The molecule has 0 saturated heterocycles. The molecule has 118 valence electrons. The smallest absolute Gasteiger partial charge is 0.270 e. The molecule has 2 heterocycles. The maximum absolute atomic E-state index is 12.6. The number of rotatable bonds is 4. The molecule has 1 aromatic carbocycles. The fraction of sp³-hybridized carbons (Fsp3) is 0.316. The second-order valence-corrected chi connectivity index (χ2v) is 6.56. The average molecular weight is 308 g/mol. The van der Waals surface area contributed by atoms with E-state index >= 15 is 0 Å². The summed E-state index contributed by atoms with van der Waals surface area (Å²) in [6.45, 7) is 2.72. The zero-order valence-corrected chi connectivity index (χ0v) is 13.4. The predicted molar refractivity (Wildman–Crippen MR) is 89.3 cm³/mol. The number of nitrogens with zero attached hydrogens (tertiary/aromatic N) is 1. The van der Waals surface area contributed by atoms with E-state index in [-0.39, 0.29) is 5.91 Å². The Kier molecular flexibility index (Phi) is 3.26. The lowest BCUT2D eigenvalue weighted by Gasteiger charge is -2.14. The van der Waals surface area contributed by atoms with Gasteiger partial charge in [-0.15, -0.1) is 0 Å². The first-order valence-electron chi connectivity index (χ1n) is 8.03. The van der Waals surface area contributed by atoms with Gasteiger partial charge in [0.2, 0.25) is 0 Å². The van der Waals surface area contributed by atoms with Crippen molar-refractivity contribution < 1.29 is 9.21 Å². The van der Waals surface area contributed by atoms with E-state index in [9.17, 15) is 4.79 Å². The van der Waals surface area contributed by atoms with Crippen LogP contribution in [0.1, 0.15) is 41.3 Å². The molecule has 0 bridgehead atoms.